The second kappa shape index (κ2) is 6.94. The van der Waals surface area contributed by atoms with Gasteiger partial charge in [-0.15, -0.1) is 0 Å². The van der Waals surface area contributed by atoms with Crippen LogP contribution in [0, 0.1) is 5.82 Å². The normalized spacial score (nSPS) is 18.3. The summed E-state index contributed by atoms with van der Waals surface area (Å²) in [5.74, 6) is -4.47. The third-order valence-electron chi connectivity index (χ3n) is 4.76. The average molecular weight is 406 g/mol. The number of anilines is 1. The summed E-state index contributed by atoms with van der Waals surface area (Å²) in [7, 11) is 0. The molecule has 1 fully saturated rings. The lowest BCUT2D eigenvalue weighted by Crippen LogP contribution is -2.27. The van der Waals surface area contributed by atoms with Gasteiger partial charge in [0.05, 0.1) is 25.4 Å². The molecule has 0 radical (unpaired) electrons. The maximum atomic E-state index is 14.3. The van der Waals surface area contributed by atoms with Crippen molar-refractivity contribution in [2.24, 2.45) is 0 Å². The SMILES string of the molecule is CCOC(=O)c1cnn2ccc(N3CC(F)(F)CC3c3cc(F)ccc3O)nc12. The molecule has 1 saturated heterocycles. The third-order valence-corrected chi connectivity index (χ3v) is 4.76. The zero-order valence-electron chi connectivity index (χ0n) is 15.3. The highest BCUT2D eigenvalue weighted by Crippen LogP contribution is 2.45. The molecule has 4 rings (SSSR count). The topological polar surface area (TPSA) is 80.0 Å². The predicted octanol–water partition coefficient (Wildman–Crippen LogP) is 3.34. The number of aromatic nitrogens is 3. The summed E-state index contributed by atoms with van der Waals surface area (Å²) in [6.07, 6.45) is 2.17. The van der Waals surface area contributed by atoms with E-state index in [0.29, 0.717) is 0 Å². The molecule has 0 amide bonds. The summed E-state index contributed by atoms with van der Waals surface area (Å²) in [5, 5.41) is 14.1. The van der Waals surface area contributed by atoms with E-state index in [-0.39, 0.29) is 34.9 Å². The van der Waals surface area contributed by atoms with Gasteiger partial charge in [0.25, 0.3) is 5.92 Å². The van der Waals surface area contributed by atoms with Crippen LogP contribution in [0.2, 0.25) is 0 Å². The number of carbonyl (C=O) groups excluding carboxylic acids is 1. The monoisotopic (exact) mass is 406 g/mol. The first kappa shape index (κ1) is 19.0. The van der Waals surface area contributed by atoms with Gasteiger partial charge in [-0.3, -0.25) is 0 Å². The maximum absolute atomic E-state index is 14.3. The van der Waals surface area contributed by atoms with E-state index in [1.807, 2.05) is 0 Å². The van der Waals surface area contributed by atoms with E-state index in [9.17, 15) is 23.1 Å². The van der Waals surface area contributed by atoms with Crippen molar-refractivity contribution in [3.63, 3.8) is 0 Å². The van der Waals surface area contributed by atoms with Crippen molar-refractivity contribution in [3.05, 3.63) is 53.6 Å². The maximum Gasteiger partial charge on any atom is 0.343 e. The fourth-order valence-electron chi connectivity index (χ4n) is 3.50. The molecule has 1 N–H and O–H groups in total. The number of fused-ring (bicyclic) bond motifs is 1. The van der Waals surface area contributed by atoms with E-state index in [2.05, 4.69) is 10.1 Å². The Morgan fingerprint density at radius 3 is 2.93 bits per heavy atom. The Hall–Kier alpha value is -3.30. The quantitative estimate of drug-likeness (QED) is 0.670. The lowest BCUT2D eigenvalue weighted by molar-refractivity contribution is 0.0222. The molecule has 29 heavy (non-hydrogen) atoms. The molecule has 10 heteroatoms. The van der Waals surface area contributed by atoms with Gasteiger partial charge in [0, 0.05) is 18.2 Å². The second-order valence-corrected chi connectivity index (χ2v) is 6.74. The number of aromatic hydroxyl groups is 1. The number of nitrogens with zero attached hydrogens (tertiary/aromatic N) is 4. The highest BCUT2D eigenvalue weighted by molar-refractivity contribution is 5.95. The molecular weight excluding hydrogens is 389 g/mol. The largest absolute Gasteiger partial charge is 0.508 e. The number of alkyl halides is 2. The molecule has 2 aromatic heterocycles. The summed E-state index contributed by atoms with van der Waals surface area (Å²) in [5.41, 5.74) is 0.297. The number of benzene rings is 1. The van der Waals surface area contributed by atoms with Gasteiger partial charge in [-0.25, -0.2) is 27.5 Å². The van der Waals surface area contributed by atoms with E-state index in [4.69, 9.17) is 4.74 Å². The molecule has 7 nitrogen and oxygen atoms in total. The van der Waals surface area contributed by atoms with Crippen molar-refractivity contribution < 1.29 is 27.8 Å². The summed E-state index contributed by atoms with van der Waals surface area (Å²) in [6, 6.07) is 3.70. The zero-order chi connectivity index (χ0) is 20.8. The summed E-state index contributed by atoms with van der Waals surface area (Å²) >= 11 is 0. The molecule has 0 bridgehead atoms. The Kier molecular flexibility index (Phi) is 4.56. The molecule has 1 aliphatic rings. The van der Waals surface area contributed by atoms with Gasteiger partial charge < -0.3 is 14.7 Å². The van der Waals surface area contributed by atoms with Crippen molar-refractivity contribution >= 4 is 17.4 Å². The number of halogens is 3. The van der Waals surface area contributed by atoms with Crippen LogP contribution in [0.25, 0.3) is 5.65 Å². The third kappa shape index (κ3) is 3.45. The minimum absolute atomic E-state index is 0.0444. The first-order chi connectivity index (χ1) is 13.8. The summed E-state index contributed by atoms with van der Waals surface area (Å²) in [6.45, 7) is 1.15. The number of phenolic OH excluding ortho intramolecular Hbond substituents is 1. The highest BCUT2D eigenvalue weighted by atomic mass is 19.3. The predicted molar refractivity (Wildman–Crippen MR) is 96.7 cm³/mol. The molecule has 0 spiro atoms. The Morgan fingerprint density at radius 1 is 1.38 bits per heavy atom. The lowest BCUT2D eigenvalue weighted by atomic mass is 10.0. The fourth-order valence-corrected chi connectivity index (χ4v) is 3.50. The van der Waals surface area contributed by atoms with E-state index in [0.717, 1.165) is 18.2 Å². The van der Waals surface area contributed by atoms with Gasteiger partial charge >= 0.3 is 5.97 Å². The molecule has 1 atom stereocenters. The number of rotatable bonds is 4. The van der Waals surface area contributed by atoms with Crippen LogP contribution < -0.4 is 4.90 Å². The van der Waals surface area contributed by atoms with E-state index >= 15 is 0 Å². The number of carbonyl (C=O) groups is 1. The van der Waals surface area contributed by atoms with Crippen LogP contribution in [0.4, 0.5) is 19.0 Å². The average Bonchev–Trinajstić information content (AvgIpc) is 3.23. The van der Waals surface area contributed by atoms with Crippen LogP contribution in [-0.2, 0) is 4.74 Å². The molecule has 0 saturated carbocycles. The standard InChI is InChI=1S/C19H17F3N4O3/c1-2-29-18(28)13-9-23-26-6-5-16(24-17(13)26)25-10-19(21,22)8-14(25)12-7-11(20)3-4-15(12)27/h3-7,9,14,27H,2,8,10H2,1H3. The number of phenols is 1. The minimum atomic E-state index is -3.07. The Morgan fingerprint density at radius 2 is 2.17 bits per heavy atom. The fraction of sp³-hybridized carbons (Fsp3) is 0.316. The number of ether oxygens (including phenoxy) is 1. The molecule has 152 valence electrons. The van der Waals surface area contributed by atoms with Crippen molar-refractivity contribution in [2.75, 3.05) is 18.1 Å². The Labute approximate surface area is 163 Å². The molecular formula is C19H17F3N4O3. The molecule has 0 aliphatic carbocycles. The van der Waals surface area contributed by atoms with E-state index in [1.54, 1.807) is 6.92 Å². The van der Waals surface area contributed by atoms with Gasteiger partial charge in [-0.05, 0) is 31.2 Å². The van der Waals surface area contributed by atoms with Crippen LogP contribution in [0.3, 0.4) is 0 Å². The molecule has 1 aromatic carbocycles. The van der Waals surface area contributed by atoms with Gasteiger partial charge in [-0.2, -0.15) is 5.10 Å². The second-order valence-electron chi connectivity index (χ2n) is 6.74. The van der Waals surface area contributed by atoms with Crippen LogP contribution in [0.5, 0.6) is 5.75 Å². The molecule has 1 aliphatic heterocycles. The number of hydrogen-bond donors (Lipinski definition) is 1. The van der Waals surface area contributed by atoms with Crippen LogP contribution >= 0.6 is 0 Å². The van der Waals surface area contributed by atoms with Gasteiger partial charge in [-0.1, -0.05) is 0 Å². The smallest absolute Gasteiger partial charge is 0.343 e. The number of esters is 1. The van der Waals surface area contributed by atoms with Gasteiger partial charge in [0.1, 0.15) is 22.9 Å². The Bertz CT molecular complexity index is 1090. The first-order valence-electron chi connectivity index (χ1n) is 8.93. The van der Waals surface area contributed by atoms with Crippen LogP contribution in [0.1, 0.15) is 35.3 Å². The van der Waals surface area contributed by atoms with Crippen LogP contribution in [0.15, 0.2) is 36.7 Å². The van der Waals surface area contributed by atoms with Gasteiger partial charge in [0.2, 0.25) is 0 Å². The highest BCUT2D eigenvalue weighted by Gasteiger charge is 2.47. The Balaban J connectivity index is 1.79. The molecule has 1 unspecified atom stereocenters. The van der Waals surface area contributed by atoms with E-state index < -0.39 is 36.7 Å². The van der Waals surface area contributed by atoms with Crippen molar-refractivity contribution in [1.29, 1.82) is 0 Å². The van der Waals surface area contributed by atoms with E-state index in [1.165, 1.54) is 27.9 Å². The lowest BCUT2D eigenvalue weighted by Gasteiger charge is -2.26. The summed E-state index contributed by atoms with van der Waals surface area (Å²) in [4.78, 5) is 17.7. The molecule has 3 aromatic rings. The number of hydrogen-bond acceptors (Lipinski definition) is 6. The van der Waals surface area contributed by atoms with Gasteiger partial charge in [0.15, 0.2) is 5.65 Å². The molecule has 3 heterocycles. The van der Waals surface area contributed by atoms with Crippen molar-refractivity contribution in [3.8, 4) is 5.75 Å². The van der Waals surface area contributed by atoms with Crippen LogP contribution in [-0.4, -0.2) is 44.7 Å². The first-order valence-corrected chi connectivity index (χ1v) is 8.93. The minimum Gasteiger partial charge on any atom is -0.508 e. The van der Waals surface area contributed by atoms with Crippen molar-refractivity contribution in [2.45, 2.75) is 25.3 Å². The van der Waals surface area contributed by atoms with Crippen molar-refractivity contribution in [1.82, 2.24) is 14.6 Å². The summed E-state index contributed by atoms with van der Waals surface area (Å²) < 4.78 is 48.6. The zero-order valence-corrected chi connectivity index (χ0v) is 15.3.